The predicted molar refractivity (Wildman–Crippen MR) is 109 cm³/mol. The fourth-order valence-corrected chi connectivity index (χ4v) is 4.35. The summed E-state index contributed by atoms with van der Waals surface area (Å²) in [5, 5.41) is 0.486. The van der Waals surface area contributed by atoms with Gasteiger partial charge < -0.3 is 14.1 Å². The molecule has 6 heteroatoms. The van der Waals surface area contributed by atoms with Crippen molar-refractivity contribution in [3.63, 3.8) is 0 Å². The lowest BCUT2D eigenvalue weighted by molar-refractivity contribution is -0.0773. The van der Waals surface area contributed by atoms with Gasteiger partial charge in [0.25, 0.3) is 5.91 Å². The molecule has 0 bridgehead atoms. The molecule has 2 aromatic carbocycles. The summed E-state index contributed by atoms with van der Waals surface area (Å²) >= 11 is 0. The minimum Gasteiger partial charge on any atom is -0.451 e. The largest absolute Gasteiger partial charge is 0.451 e. The van der Waals surface area contributed by atoms with Gasteiger partial charge >= 0.3 is 0 Å². The van der Waals surface area contributed by atoms with Crippen molar-refractivity contribution in [2.24, 2.45) is 0 Å². The summed E-state index contributed by atoms with van der Waals surface area (Å²) in [4.78, 5) is 29.6. The molecule has 0 radical (unpaired) electrons. The quantitative estimate of drug-likeness (QED) is 0.673. The molecule has 2 aliphatic heterocycles. The van der Waals surface area contributed by atoms with Crippen LogP contribution in [0.3, 0.4) is 0 Å². The number of amides is 1. The summed E-state index contributed by atoms with van der Waals surface area (Å²) in [7, 11) is 0. The first-order valence-electron chi connectivity index (χ1n) is 9.91. The number of nitrogens with zero attached hydrogens (tertiary/aromatic N) is 2. The number of hydrogen-bond acceptors (Lipinski definition) is 5. The zero-order valence-electron chi connectivity index (χ0n) is 16.0. The molecular weight excluding hydrogens is 368 g/mol. The summed E-state index contributed by atoms with van der Waals surface area (Å²) in [6, 6.07) is 19.0. The zero-order chi connectivity index (χ0) is 19.8. The molecule has 5 rings (SSSR count). The molecule has 0 unspecified atom stereocenters. The second-order valence-electron chi connectivity index (χ2n) is 7.58. The van der Waals surface area contributed by atoms with Crippen molar-refractivity contribution in [2.45, 2.75) is 12.1 Å². The van der Waals surface area contributed by atoms with Gasteiger partial charge in [-0.15, -0.1) is 0 Å². The standard InChI is InChI=1S/C23H22N2O4/c26-20-12-22(29-21-9-5-4-8-18(20)21)23(27)24-10-11-25-17(13-24)14-28-15-19(25)16-6-2-1-3-7-16/h1-9,12,17,19H,10-11,13-15H2/t17-,19-/m1/s1. The number of carbonyl (C=O) groups is 1. The number of carbonyl (C=O) groups excluding carboxylic acids is 1. The highest BCUT2D eigenvalue weighted by atomic mass is 16.5. The van der Waals surface area contributed by atoms with Crippen LogP contribution in [0, 0.1) is 0 Å². The maximum atomic E-state index is 13.1. The topological polar surface area (TPSA) is 63.0 Å². The number of rotatable bonds is 2. The number of morpholine rings is 1. The van der Waals surface area contributed by atoms with Crippen LogP contribution < -0.4 is 5.43 Å². The van der Waals surface area contributed by atoms with E-state index in [1.165, 1.54) is 11.6 Å². The van der Waals surface area contributed by atoms with Crippen LogP contribution in [0.1, 0.15) is 22.2 Å². The summed E-state index contributed by atoms with van der Waals surface area (Å²) < 4.78 is 11.6. The fourth-order valence-electron chi connectivity index (χ4n) is 4.35. The van der Waals surface area contributed by atoms with Gasteiger partial charge in [-0.3, -0.25) is 14.5 Å². The molecule has 148 valence electrons. The first-order chi connectivity index (χ1) is 14.2. The van der Waals surface area contributed by atoms with E-state index >= 15 is 0 Å². The smallest absolute Gasteiger partial charge is 0.289 e. The molecule has 3 aromatic rings. The lowest BCUT2D eigenvalue weighted by Crippen LogP contribution is -2.60. The third kappa shape index (κ3) is 3.34. The second-order valence-corrected chi connectivity index (χ2v) is 7.58. The second kappa shape index (κ2) is 7.46. The SMILES string of the molecule is O=C(c1cc(=O)c2ccccc2o1)N1CCN2[C@@H](COC[C@@H]2c2ccccc2)C1. The van der Waals surface area contributed by atoms with E-state index in [0.717, 1.165) is 6.54 Å². The molecule has 0 saturated carbocycles. The maximum Gasteiger partial charge on any atom is 0.289 e. The Labute approximate surface area is 168 Å². The molecule has 0 N–H and O–H groups in total. The van der Waals surface area contributed by atoms with E-state index in [4.69, 9.17) is 9.15 Å². The number of para-hydroxylation sites is 1. The van der Waals surface area contributed by atoms with E-state index in [9.17, 15) is 9.59 Å². The van der Waals surface area contributed by atoms with Gasteiger partial charge in [0.05, 0.1) is 30.7 Å². The van der Waals surface area contributed by atoms with Crippen molar-refractivity contribution in [1.82, 2.24) is 9.80 Å². The van der Waals surface area contributed by atoms with Crippen molar-refractivity contribution in [3.8, 4) is 0 Å². The molecule has 2 atom stereocenters. The summed E-state index contributed by atoms with van der Waals surface area (Å²) in [5.74, 6) is -0.146. The minimum absolute atomic E-state index is 0.0958. The van der Waals surface area contributed by atoms with Crippen molar-refractivity contribution in [3.05, 3.63) is 82.2 Å². The van der Waals surface area contributed by atoms with Crippen LogP contribution in [0.15, 0.2) is 69.9 Å². The van der Waals surface area contributed by atoms with Gasteiger partial charge in [-0.25, -0.2) is 0 Å². The first kappa shape index (κ1) is 18.1. The van der Waals surface area contributed by atoms with Crippen LogP contribution in [0.5, 0.6) is 0 Å². The molecule has 1 aromatic heterocycles. The van der Waals surface area contributed by atoms with Crippen LogP contribution in [0.2, 0.25) is 0 Å². The Morgan fingerprint density at radius 3 is 2.62 bits per heavy atom. The third-order valence-corrected chi connectivity index (χ3v) is 5.83. The summed E-state index contributed by atoms with van der Waals surface area (Å²) in [5.41, 5.74) is 1.48. The monoisotopic (exact) mass is 390 g/mol. The lowest BCUT2D eigenvalue weighted by atomic mass is 10.00. The number of benzene rings is 2. The molecule has 3 heterocycles. The number of piperazine rings is 1. The van der Waals surface area contributed by atoms with Crippen molar-refractivity contribution >= 4 is 16.9 Å². The third-order valence-electron chi connectivity index (χ3n) is 5.83. The predicted octanol–water partition coefficient (Wildman–Crippen LogP) is 2.69. The van der Waals surface area contributed by atoms with Crippen LogP contribution >= 0.6 is 0 Å². The molecule has 0 spiro atoms. The molecule has 2 fully saturated rings. The molecule has 0 aliphatic carbocycles. The highest BCUT2D eigenvalue weighted by Crippen LogP contribution is 2.30. The van der Waals surface area contributed by atoms with Crippen LogP contribution in [-0.2, 0) is 4.74 Å². The number of ether oxygens (including phenoxy) is 1. The minimum atomic E-state index is -0.241. The number of fused-ring (bicyclic) bond motifs is 2. The summed E-state index contributed by atoms with van der Waals surface area (Å²) in [6.45, 7) is 3.16. The van der Waals surface area contributed by atoms with Crippen LogP contribution in [-0.4, -0.2) is 54.6 Å². The van der Waals surface area contributed by atoms with Crippen molar-refractivity contribution < 1.29 is 13.9 Å². The van der Waals surface area contributed by atoms with E-state index in [-0.39, 0.29) is 29.2 Å². The van der Waals surface area contributed by atoms with E-state index in [2.05, 4.69) is 17.0 Å². The average Bonchev–Trinajstić information content (AvgIpc) is 2.78. The Morgan fingerprint density at radius 1 is 0.966 bits per heavy atom. The van der Waals surface area contributed by atoms with Gasteiger partial charge in [0, 0.05) is 25.7 Å². The van der Waals surface area contributed by atoms with Gasteiger partial charge in [-0.2, -0.15) is 0 Å². The van der Waals surface area contributed by atoms with E-state index in [1.54, 1.807) is 29.2 Å². The van der Waals surface area contributed by atoms with Crippen molar-refractivity contribution in [1.29, 1.82) is 0 Å². The van der Waals surface area contributed by atoms with Gasteiger partial charge in [0.15, 0.2) is 11.2 Å². The fraction of sp³-hybridized carbons (Fsp3) is 0.304. The lowest BCUT2D eigenvalue weighted by Gasteiger charge is -2.47. The molecular formula is C23H22N2O4. The maximum absolute atomic E-state index is 13.1. The Bertz CT molecular complexity index is 1090. The Morgan fingerprint density at radius 2 is 1.76 bits per heavy atom. The first-order valence-corrected chi connectivity index (χ1v) is 9.91. The highest BCUT2D eigenvalue weighted by Gasteiger charge is 2.38. The van der Waals surface area contributed by atoms with Crippen LogP contribution in [0.4, 0.5) is 0 Å². The Kier molecular flexibility index (Phi) is 4.66. The van der Waals surface area contributed by atoms with Gasteiger partial charge in [-0.1, -0.05) is 42.5 Å². The molecule has 2 aliphatic rings. The van der Waals surface area contributed by atoms with E-state index in [0.29, 0.717) is 37.3 Å². The van der Waals surface area contributed by atoms with E-state index in [1.807, 2.05) is 18.2 Å². The molecule has 29 heavy (non-hydrogen) atoms. The summed E-state index contributed by atoms with van der Waals surface area (Å²) in [6.07, 6.45) is 0. The molecule has 6 nitrogen and oxygen atoms in total. The zero-order valence-corrected chi connectivity index (χ0v) is 16.0. The van der Waals surface area contributed by atoms with Crippen molar-refractivity contribution in [2.75, 3.05) is 32.8 Å². The Balaban J connectivity index is 1.37. The molecule has 2 saturated heterocycles. The van der Waals surface area contributed by atoms with Crippen LogP contribution in [0.25, 0.3) is 11.0 Å². The molecule has 1 amide bonds. The highest BCUT2D eigenvalue weighted by molar-refractivity contribution is 5.93. The van der Waals surface area contributed by atoms with Gasteiger partial charge in [-0.05, 0) is 17.7 Å². The van der Waals surface area contributed by atoms with Gasteiger partial charge in [0.2, 0.25) is 0 Å². The van der Waals surface area contributed by atoms with E-state index < -0.39 is 0 Å². The number of hydrogen-bond donors (Lipinski definition) is 0. The average molecular weight is 390 g/mol. The Hall–Kier alpha value is -2.96. The van der Waals surface area contributed by atoms with Gasteiger partial charge in [0.1, 0.15) is 5.58 Å². The normalized spacial score (nSPS) is 22.4.